The minimum atomic E-state index is 0.161. The highest BCUT2D eigenvalue weighted by Gasteiger charge is 2.09. The van der Waals surface area contributed by atoms with Crippen LogP contribution in [-0.4, -0.2) is 0 Å². The van der Waals surface area contributed by atoms with Crippen LogP contribution in [0, 0.1) is 0 Å². The first-order valence-corrected chi connectivity index (χ1v) is 6.19. The Kier molecular flexibility index (Phi) is 3.93. The zero-order valence-electron chi connectivity index (χ0n) is 9.45. The third-order valence-corrected chi connectivity index (χ3v) is 3.25. The van der Waals surface area contributed by atoms with Gasteiger partial charge >= 0.3 is 0 Å². The van der Waals surface area contributed by atoms with Crippen molar-refractivity contribution in [2.24, 2.45) is 0 Å². The smallest absolute Gasteiger partial charge is 0.0723 e. The van der Waals surface area contributed by atoms with E-state index in [0.29, 0.717) is 10.0 Å². The maximum absolute atomic E-state index is 6.11. The Hall–Kier alpha value is -1.18. The van der Waals surface area contributed by atoms with Gasteiger partial charge in [-0.15, -0.1) is 0 Å². The number of hydrogen-bond donors (Lipinski definition) is 1. The van der Waals surface area contributed by atoms with E-state index in [1.165, 1.54) is 5.56 Å². The summed E-state index contributed by atoms with van der Waals surface area (Å²) < 4.78 is 0. The van der Waals surface area contributed by atoms with Crippen molar-refractivity contribution in [1.82, 2.24) is 0 Å². The molecular weight excluding hydrogens is 253 g/mol. The first-order chi connectivity index (χ1) is 8.18. The summed E-state index contributed by atoms with van der Waals surface area (Å²) in [5.74, 6) is 0. The van der Waals surface area contributed by atoms with E-state index < -0.39 is 0 Å². The van der Waals surface area contributed by atoms with Crippen molar-refractivity contribution < 1.29 is 0 Å². The fraction of sp³-hybridized carbons (Fsp3) is 0.143. The van der Waals surface area contributed by atoms with Gasteiger partial charge in [0, 0.05) is 6.04 Å². The van der Waals surface area contributed by atoms with Crippen LogP contribution in [-0.2, 0) is 0 Å². The topological polar surface area (TPSA) is 12.0 Å². The summed E-state index contributed by atoms with van der Waals surface area (Å²) in [4.78, 5) is 0. The van der Waals surface area contributed by atoms with Crippen molar-refractivity contribution >= 4 is 28.9 Å². The molecule has 2 aromatic carbocycles. The molecule has 0 amide bonds. The van der Waals surface area contributed by atoms with Crippen molar-refractivity contribution in [1.29, 1.82) is 0 Å². The van der Waals surface area contributed by atoms with Crippen LogP contribution >= 0.6 is 23.2 Å². The van der Waals surface area contributed by atoms with Crippen LogP contribution in [0.4, 0.5) is 5.69 Å². The van der Waals surface area contributed by atoms with Gasteiger partial charge in [-0.05, 0) is 24.6 Å². The van der Waals surface area contributed by atoms with E-state index in [-0.39, 0.29) is 6.04 Å². The van der Waals surface area contributed by atoms with Crippen molar-refractivity contribution in [2.45, 2.75) is 13.0 Å². The average molecular weight is 266 g/mol. The Morgan fingerprint density at radius 3 is 2.06 bits per heavy atom. The van der Waals surface area contributed by atoms with Crippen LogP contribution in [0.2, 0.25) is 10.0 Å². The molecule has 0 heterocycles. The van der Waals surface area contributed by atoms with Gasteiger partial charge in [-0.3, -0.25) is 0 Å². The quantitative estimate of drug-likeness (QED) is 0.808. The fourth-order valence-electron chi connectivity index (χ4n) is 1.68. The van der Waals surface area contributed by atoms with Gasteiger partial charge in [0.05, 0.1) is 15.7 Å². The Morgan fingerprint density at radius 2 is 1.47 bits per heavy atom. The zero-order chi connectivity index (χ0) is 12.3. The molecule has 88 valence electrons. The predicted molar refractivity (Wildman–Crippen MR) is 74.9 cm³/mol. The summed E-state index contributed by atoms with van der Waals surface area (Å²) in [6, 6.07) is 15.8. The summed E-state index contributed by atoms with van der Waals surface area (Å²) in [7, 11) is 0. The van der Waals surface area contributed by atoms with Gasteiger partial charge in [0.2, 0.25) is 0 Å². The average Bonchev–Trinajstić information content (AvgIpc) is 2.35. The van der Waals surface area contributed by atoms with Crippen molar-refractivity contribution in [3.8, 4) is 0 Å². The van der Waals surface area contributed by atoms with Crippen LogP contribution in [0.3, 0.4) is 0 Å². The van der Waals surface area contributed by atoms with Crippen LogP contribution in [0.5, 0.6) is 0 Å². The third-order valence-electron chi connectivity index (χ3n) is 2.62. The molecule has 3 heteroatoms. The van der Waals surface area contributed by atoms with Gasteiger partial charge in [-0.25, -0.2) is 0 Å². The molecule has 2 rings (SSSR count). The Bertz CT molecular complexity index is 477. The van der Waals surface area contributed by atoms with Crippen LogP contribution in [0.15, 0.2) is 48.5 Å². The molecule has 2 aromatic rings. The highest BCUT2D eigenvalue weighted by Crippen LogP contribution is 2.32. The van der Waals surface area contributed by atoms with Crippen LogP contribution in [0.1, 0.15) is 18.5 Å². The Labute approximate surface area is 111 Å². The molecule has 0 saturated heterocycles. The molecule has 0 aliphatic carbocycles. The monoisotopic (exact) mass is 265 g/mol. The van der Waals surface area contributed by atoms with Gasteiger partial charge in [0.15, 0.2) is 0 Å². The zero-order valence-corrected chi connectivity index (χ0v) is 11.0. The second-order valence-electron chi connectivity index (χ2n) is 3.87. The Morgan fingerprint density at radius 1 is 0.882 bits per heavy atom. The van der Waals surface area contributed by atoms with E-state index >= 15 is 0 Å². The lowest BCUT2D eigenvalue weighted by molar-refractivity contribution is 0.885. The minimum absolute atomic E-state index is 0.161. The summed E-state index contributed by atoms with van der Waals surface area (Å²) in [6.07, 6.45) is 0. The SMILES string of the molecule is CC(Nc1c(Cl)cccc1Cl)c1ccccc1. The number of benzene rings is 2. The second kappa shape index (κ2) is 5.44. The first-order valence-electron chi connectivity index (χ1n) is 5.44. The highest BCUT2D eigenvalue weighted by atomic mass is 35.5. The first kappa shape index (κ1) is 12.3. The van der Waals surface area contributed by atoms with Gasteiger partial charge in [0.25, 0.3) is 0 Å². The van der Waals surface area contributed by atoms with Gasteiger partial charge in [-0.2, -0.15) is 0 Å². The summed E-state index contributed by atoms with van der Waals surface area (Å²) in [6.45, 7) is 2.08. The standard InChI is InChI=1S/C14H13Cl2N/c1-10(11-6-3-2-4-7-11)17-14-12(15)8-5-9-13(14)16/h2-10,17H,1H3. The fourth-order valence-corrected chi connectivity index (χ4v) is 2.18. The van der Waals surface area contributed by atoms with E-state index in [2.05, 4.69) is 24.4 Å². The highest BCUT2D eigenvalue weighted by molar-refractivity contribution is 6.39. The second-order valence-corrected chi connectivity index (χ2v) is 4.69. The third kappa shape index (κ3) is 2.93. The van der Waals surface area contributed by atoms with E-state index in [0.717, 1.165) is 5.69 Å². The van der Waals surface area contributed by atoms with E-state index in [9.17, 15) is 0 Å². The molecule has 0 aliphatic rings. The van der Waals surface area contributed by atoms with Crippen LogP contribution in [0.25, 0.3) is 0 Å². The van der Waals surface area contributed by atoms with Gasteiger partial charge in [0.1, 0.15) is 0 Å². The molecule has 1 atom stereocenters. The van der Waals surface area contributed by atoms with Gasteiger partial charge in [-0.1, -0.05) is 59.6 Å². The van der Waals surface area contributed by atoms with Crippen molar-refractivity contribution in [2.75, 3.05) is 5.32 Å². The van der Waals surface area contributed by atoms with Crippen molar-refractivity contribution in [3.05, 3.63) is 64.1 Å². The Balaban J connectivity index is 2.22. The molecule has 0 aromatic heterocycles. The summed E-state index contributed by atoms with van der Waals surface area (Å²) in [5.41, 5.74) is 1.98. The van der Waals surface area contributed by atoms with Crippen LogP contribution < -0.4 is 5.32 Å². The molecule has 0 aliphatic heterocycles. The number of nitrogens with one attached hydrogen (secondary N) is 1. The molecule has 0 radical (unpaired) electrons. The summed E-state index contributed by atoms with van der Waals surface area (Å²) in [5, 5.41) is 4.61. The molecule has 0 spiro atoms. The molecule has 1 nitrogen and oxygen atoms in total. The number of rotatable bonds is 3. The minimum Gasteiger partial charge on any atom is -0.376 e. The van der Waals surface area contributed by atoms with E-state index in [1.807, 2.05) is 36.4 Å². The molecule has 1 unspecified atom stereocenters. The maximum atomic E-state index is 6.11. The lowest BCUT2D eigenvalue weighted by Gasteiger charge is -2.17. The van der Waals surface area contributed by atoms with Crippen molar-refractivity contribution in [3.63, 3.8) is 0 Å². The van der Waals surface area contributed by atoms with Gasteiger partial charge < -0.3 is 5.32 Å². The number of anilines is 1. The number of halogens is 2. The molecule has 0 saturated carbocycles. The lowest BCUT2D eigenvalue weighted by atomic mass is 10.1. The maximum Gasteiger partial charge on any atom is 0.0723 e. The normalized spacial score (nSPS) is 12.2. The van der Waals surface area contributed by atoms with E-state index in [4.69, 9.17) is 23.2 Å². The molecule has 17 heavy (non-hydrogen) atoms. The largest absolute Gasteiger partial charge is 0.376 e. The van der Waals surface area contributed by atoms with E-state index in [1.54, 1.807) is 0 Å². The molecular formula is C14H13Cl2N. The molecule has 1 N–H and O–H groups in total. The predicted octanol–water partition coefficient (Wildman–Crippen LogP) is 5.17. The number of para-hydroxylation sites is 1. The summed E-state index contributed by atoms with van der Waals surface area (Å²) >= 11 is 12.2. The molecule has 0 fully saturated rings. The molecule has 0 bridgehead atoms. The lowest BCUT2D eigenvalue weighted by Crippen LogP contribution is -2.07. The number of hydrogen-bond acceptors (Lipinski definition) is 1.